The fourth-order valence-corrected chi connectivity index (χ4v) is 5.91. The van der Waals surface area contributed by atoms with Crippen LogP contribution < -0.4 is 0 Å². The van der Waals surface area contributed by atoms with Gasteiger partial charge in [-0.05, 0) is 36.6 Å². The van der Waals surface area contributed by atoms with Gasteiger partial charge in [0.05, 0.1) is 15.7 Å². The molecule has 3 fully saturated rings. The molecule has 0 radical (unpaired) electrons. The van der Waals surface area contributed by atoms with Gasteiger partial charge >= 0.3 is 0 Å². The van der Waals surface area contributed by atoms with Gasteiger partial charge in [0.15, 0.2) is 0 Å². The van der Waals surface area contributed by atoms with E-state index in [9.17, 15) is 4.79 Å². The quantitative estimate of drug-likeness (QED) is 0.834. The monoisotopic (exact) mass is 353 g/mol. The highest BCUT2D eigenvalue weighted by atomic mass is 32.2. The normalized spacial score (nSPS) is 27.3. The van der Waals surface area contributed by atoms with Crippen molar-refractivity contribution in [3.63, 3.8) is 0 Å². The predicted octanol–water partition coefficient (Wildman–Crippen LogP) is 2.89. The minimum Gasteiger partial charge on any atom is -0.381 e. The zero-order chi connectivity index (χ0) is 15.7. The molecule has 4 nitrogen and oxygen atoms in total. The standard InChI is InChI=1S/C17H23NO3S2/c19-16(15-2-1-7-22-15)18-11-17(12-18)8-14(10-23-17)21-9-13-3-5-20-6-4-13/h1-2,7,13-14H,3-6,8-12H2/t14-/m1/s1. The van der Waals surface area contributed by atoms with E-state index < -0.39 is 0 Å². The second kappa shape index (κ2) is 6.75. The van der Waals surface area contributed by atoms with E-state index in [0.717, 1.165) is 62.8 Å². The fourth-order valence-electron chi connectivity index (χ4n) is 3.66. The summed E-state index contributed by atoms with van der Waals surface area (Å²) in [7, 11) is 0. The Hall–Kier alpha value is -0.560. The van der Waals surface area contributed by atoms with Gasteiger partial charge in [-0.2, -0.15) is 0 Å². The first-order valence-corrected chi connectivity index (χ1v) is 10.3. The fraction of sp³-hybridized carbons (Fsp3) is 0.706. The third-order valence-electron chi connectivity index (χ3n) is 5.06. The van der Waals surface area contributed by atoms with Gasteiger partial charge < -0.3 is 14.4 Å². The molecule has 3 aliphatic heterocycles. The summed E-state index contributed by atoms with van der Waals surface area (Å²) in [6.45, 7) is 4.41. The number of rotatable bonds is 4. The van der Waals surface area contributed by atoms with Crippen molar-refractivity contribution in [3.8, 4) is 0 Å². The highest BCUT2D eigenvalue weighted by Crippen LogP contribution is 2.46. The SMILES string of the molecule is O=C(c1cccs1)N1CC2(C[C@@H](OCC3CCOCC3)CS2)C1. The predicted molar refractivity (Wildman–Crippen MR) is 93.3 cm³/mol. The van der Waals surface area contributed by atoms with Gasteiger partial charge in [0.2, 0.25) is 0 Å². The molecule has 4 rings (SSSR count). The van der Waals surface area contributed by atoms with E-state index in [0.29, 0.717) is 12.0 Å². The first-order chi connectivity index (χ1) is 11.2. The number of amides is 1. The average molecular weight is 354 g/mol. The van der Waals surface area contributed by atoms with E-state index in [1.165, 1.54) is 11.3 Å². The summed E-state index contributed by atoms with van der Waals surface area (Å²) in [6, 6.07) is 3.86. The van der Waals surface area contributed by atoms with E-state index in [2.05, 4.69) is 0 Å². The second-order valence-electron chi connectivity index (χ2n) is 6.85. The molecular formula is C17H23NO3S2. The Bertz CT molecular complexity index is 536. The van der Waals surface area contributed by atoms with Gasteiger partial charge in [0.1, 0.15) is 0 Å². The largest absolute Gasteiger partial charge is 0.381 e. The molecule has 0 unspecified atom stereocenters. The number of likely N-dealkylation sites (tertiary alicyclic amines) is 1. The van der Waals surface area contributed by atoms with E-state index in [1.54, 1.807) is 0 Å². The van der Waals surface area contributed by atoms with E-state index in [4.69, 9.17) is 9.47 Å². The molecule has 0 saturated carbocycles. The van der Waals surface area contributed by atoms with Crippen molar-refractivity contribution in [2.75, 3.05) is 38.7 Å². The third kappa shape index (κ3) is 3.45. The molecule has 1 aromatic heterocycles. The Labute approximate surface area is 145 Å². The molecule has 4 heterocycles. The van der Waals surface area contributed by atoms with Crippen LogP contribution in [-0.4, -0.2) is 60.3 Å². The summed E-state index contributed by atoms with van der Waals surface area (Å²) in [5, 5.41) is 1.97. The summed E-state index contributed by atoms with van der Waals surface area (Å²) in [5.41, 5.74) is 0. The highest BCUT2D eigenvalue weighted by Gasteiger charge is 2.51. The van der Waals surface area contributed by atoms with Crippen LogP contribution in [0.1, 0.15) is 28.9 Å². The molecule has 23 heavy (non-hydrogen) atoms. The summed E-state index contributed by atoms with van der Waals surface area (Å²) >= 11 is 3.54. The van der Waals surface area contributed by atoms with Crippen molar-refractivity contribution < 1.29 is 14.3 Å². The van der Waals surface area contributed by atoms with Crippen molar-refractivity contribution >= 4 is 29.0 Å². The summed E-state index contributed by atoms with van der Waals surface area (Å²) in [5.74, 6) is 1.94. The van der Waals surface area contributed by atoms with Crippen molar-refractivity contribution in [3.05, 3.63) is 22.4 Å². The van der Waals surface area contributed by atoms with Gasteiger partial charge in [-0.1, -0.05) is 6.07 Å². The number of hydrogen-bond donors (Lipinski definition) is 0. The van der Waals surface area contributed by atoms with Crippen LogP contribution in [-0.2, 0) is 9.47 Å². The molecule has 3 saturated heterocycles. The number of nitrogens with zero attached hydrogens (tertiary/aromatic N) is 1. The van der Waals surface area contributed by atoms with Crippen LogP contribution in [0.2, 0.25) is 0 Å². The smallest absolute Gasteiger partial charge is 0.264 e. The van der Waals surface area contributed by atoms with Crippen LogP contribution in [0.25, 0.3) is 0 Å². The van der Waals surface area contributed by atoms with Gasteiger partial charge in [-0.15, -0.1) is 23.1 Å². The minimum absolute atomic E-state index is 0.192. The van der Waals surface area contributed by atoms with Gasteiger partial charge in [-0.3, -0.25) is 4.79 Å². The third-order valence-corrected chi connectivity index (χ3v) is 7.49. The van der Waals surface area contributed by atoms with Crippen molar-refractivity contribution in [1.82, 2.24) is 4.90 Å². The molecule has 1 spiro atoms. The van der Waals surface area contributed by atoms with Crippen LogP contribution >= 0.6 is 23.1 Å². The first kappa shape index (κ1) is 15.9. The lowest BCUT2D eigenvalue weighted by Crippen LogP contribution is -2.60. The lowest BCUT2D eigenvalue weighted by molar-refractivity contribution is -0.0118. The van der Waals surface area contributed by atoms with Crippen LogP contribution in [0.5, 0.6) is 0 Å². The first-order valence-electron chi connectivity index (χ1n) is 8.40. The summed E-state index contributed by atoms with van der Waals surface area (Å²) in [6.07, 6.45) is 3.72. The van der Waals surface area contributed by atoms with E-state index in [-0.39, 0.29) is 10.7 Å². The Morgan fingerprint density at radius 3 is 2.96 bits per heavy atom. The molecule has 1 aromatic rings. The minimum atomic E-state index is 0.192. The van der Waals surface area contributed by atoms with Crippen LogP contribution in [0, 0.1) is 5.92 Å². The van der Waals surface area contributed by atoms with Gasteiger partial charge in [0, 0.05) is 38.7 Å². The lowest BCUT2D eigenvalue weighted by atomic mass is 9.92. The topological polar surface area (TPSA) is 38.8 Å². The Balaban J connectivity index is 1.23. The lowest BCUT2D eigenvalue weighted by Gasteiger charge is -2.47. The van der Waals surface area contributed by atoms with Crippen molar-refractivity contribution in [2.45, 2.75) is 30.1 Å². The van der Waals surface area contributed by atoms with Gasteiger partial charge in [-0.25, -0.2) is 0 Å². The Morgan fingerprint density at radius 1 is 1.39 bits per heavy atom. The Kier molecular flexibility index (Phi) is 4.67. The molecule has 3 aliphatic rings. The second-order valence-corrected chi connectivity index (χ2v) is 9.28. The number of thiophene rings is 1. The molecule has 0 bridgehead atoms. The zero-order valence-corrected chi connectivity index (χ0v) is 14.9. The molecule has 1 amide bonds. The maximum Gasteiger partial charge on any atom is 0.264 e. The van der Waals surface area contributed by atoms with Gasteiger partial charge in [0.25, 0.3) is 5.91 Å². The van der Waals surface area contributed by atoms with Crippen LogP contribution in [0.3, 0.4) is 0 Å². The molecule has 126 valence electrons. The van der Waals surface area contributed by atoms with E-state index >= 15 is 0 Å². The number of thioether (sulfide) groups is 1. The maximum atomic E-state index is 12.3. The number of ether oxygens (including phenoxy) is 2. The zero-order valence-electron chi connectivity index (χ0n) is 13.2. The van der Waals surface area contributed by atoms with Crippen LogP contribution in [0.4, 0.5) is 0 Å². The van der Waals surface area contributed by atoms with E-state index in [1.807, 2.05) is 34.2 Å². The molecule has 0 N–H and O–H groups in total. The van der Waals surface area contributed by atoms with Crippen LogP contribution in [0.15, 0.2) is 17.5 Å². The van der Waals surface area contributed by atoms with Crippen molar-refractivity contribution in [1.29, 1.82) is 0 Å². The maximum absolute atomic E-state index is 12.3. The molecule has 0 aliphatic carbocycles. The van der Waals surface area contributed by atoms with Crippen molar-refractivity contribution in [2.24, 2.45) is 5.92 Å². The molecule has 1 atom stereocenters. The number of hydrogen-bond acceptors (Lipinski definition) is 5. The number of carbonyl (C=O) groups is 1. The molecule has 0 aromatic carbocycles. The average Bonchev–Trinajstić information content (AvgIpc) is 3.22. The summed E-state index contributed by atoms with van der Waals surface area (Å²) in [4.78, 5) is 15.2. The molecule has 6 heteroatoms. The highest BCUT2D eigenvalue weighted by molar-refractivity contribution is 8.01. The summed E-state index contributed by atoms with van der Waals surface area (Å²) < 4.78 is 11.8. The number of carbonyl (C=O) groups excluding carboxylic acids is 1. The molecular weight excluding hydrogens is 330 g/mol. The Morgan fingerprint density at radius 2 is 2.22 bits per heavy atom.